The summed E-state index contributed by atoms with van der Waals surface area (Å²) in [6.45, 7) is 1.62. The van der Waals surface area contributed by atoms with Crippen LogP contribution in [0.1, 0.15) is 6.92 Å². The summed E-state index contributed by atoms with van der Waals surface area (Å²) in [6.07, 6.45) is 1.22. The molecule has 0 rings (SSSR count). The second-order valence-corrected chi connectivity index (χ2v) is 3.64. The van der Waals surface area contributed by atoms with Crippen molar-refractivity contribution in [3.8, 4) is 0 Å². The number of hydrogen-bond acceptors (Lipinski definition) is 2. The summed E-state index contributed by atoms with van der Waals surface area (Å²) in [5, 5.41) is 0. The van der Waals surface area contributed by atoms with Gasteiger partial charge in [0, 0.05) is 12.0 Å². The molecule has 0 aliphatic carbocycles. The second-order valence-electron chi connectivity index (χ2n) is 1.21. The van der Waals surface area contributed by atoms with Crippen molar-refractivity contribution in [1.29, 1.82) is 0 Å². The molecule has 0 bridgehead atoms. The molecule has 0 aliphatic heterocycles. The van der Waals surface area contributed by atoms with Gasteiger partial charge in [-0.05, 0) is 0 Å². The average Bonchev–Trinajstić information content (AvgIpc) is 1.35. The van der Waals surface area contributed by atoms with Gasteiger partial charge >= 0.3 is 0 Å². The third kappa shape index (κ3) is 10.7. The average molecular weight is 145 g/mol. The minimum atomic E-state index is -2.66. The lowest BCUT2D eigenvalue weighted by molar-refractivity contribution is 0.603. The molecule has 0 heterocycles. The van der Waals surface area contributed by atoms with E-state index in [-0.39, 0.29) is 18.2 Å². The molecule has 46 valence electrons. The first-order valence-electron chi connectivity index (χ1n) is 1.74. The van der Waals surface area contributed by atoms with Crippen LogP contribution in [0.2, 0.25) is 0 Å². The predicted octanol–water partition coefficient (Wildman–Crippen LogP) is 0.473. The van der Waals surface area contributed by atoms with Crippen molar-refractivity contribution in [3.63, 3.8) is 0 Å². The Balaban J connectivity index is 0. The zero-order valence-corrected chi connectivity index (χ0v) is 5.97. The molecule has 0 aromatic heterocycles. The van der Waals surface area contributed by atoms with Crippen molar-refractivity contribution in [1.82, 2.24) is 0 Å². The van der Waals surface area contributed by atoms with Crippen molar-refractivity contribution in [2.75, 3.05) is 12.0 Å². The summed E-state index contributed by atoms with van der Waals surface area (Å²) in [7, 11) is -2.66. The molecule has 0 aliphatic rings. The fraction of sp³-hybridized carbons (Fsp3) is 1.00. The van der Waals surface area contributed by atoms with Gasteiger partial charge in [0.2, 0.25) is 0 Å². The number of hydrogen-bond donors (Lipinski definition) is 0. The Morgan fingerprint density at radius 2 is 1.57 bits per heavy atom. The molecule has 0 saturated heterocycles. The van der Waals surface area contributed by atoms with E-state index in [0.717, 1.165) is 0 Å². The van der Waals surface area contributed by atoms with Crippen LogP contribution in [0.15, 0.2) is 0 Å². The number of rotatable bonds is 1. The highest BCUT2D eigenvalue weighted by molar-refractivity contribution is 7.90. The first-order chi connectivity index (χ1) is 2.56. The lowest BCUT2D eigenvalue weighted by atomic mass is 11.0. The molecule has 2 nitrogen and oxygen atoms in total. The maximum Gasteiger partial charge on any atom is 0.147 e. The van der Waals surface area contributed by atoms with Gasteiger partial charge in [-0.25, -0.2) is 8.42 Å². The molecule has 4 heteroatoms. The second kappa shape index (κ2) is 3.27. The standard InChI is InChI=1S/C3H8O2S.ClH/c1-3-6(2,4)5;/h3H2,1-2H3;1H. The summed E-state index contributed by atoms with van der Waals surface area (Å²) in [5.74, 6) is 0.243. The molecule has 0 spiro atoms. The Kier molecular flexibility index (Phi) is 4.79. The van der Waals surface area contributed by atoms with Gasteiger partial charge in [-0.15, -0.1) is 12.4 Å². The summed E-state index contributed by atoms with van der Waals surface area (Å²) < 4.78 is 20.0. The molecular formula is C3H9ClO2S. The largest absolute Gasteiger partial charge is 0.229 e. The summed E-state index contributed by atoms with van der Waals surface area (Å²) in [4.78, 5) is 0. The van der Waals surface area contributed by atoms with E-state index in [2.05, 4.69) is 0 Å². The van der Waals surface area contributed by atoms with Gasteiger partial charge in [0.15, 0.2) is 0 Å². The summed E-state index contributed by atoms with van der Waals surface area (Å²) >= 11 is 0. The van der Waals surface area contributed by atoms with Crippen molar-refractivity contribution in [3.05, 3.63) is 0 Å². The Morgan fingerprint density at radius 3 is 1.57 bits per heavy atom. The van der Waals surface area contributed by atoms with Crippen LogP contribution in [0.5, 0.6) is 0 Å². The first kappa shape index (κ1) is 10.3. The molecule has 0 aromatic carbocycles. The van der Waals surface area contributed by atoms with Gasteiger partial charge in [0.1, 0.15) is 9.84 Å². The Morgan fingerprint density at radius 1 is 1.43 bits per heavy atom. The quantitative estimate of drug-likeness (QED) is 0.536. The molecular weight excluding hydrogens is 136 g/mol. The van der Waals surface area contributed by atoms with Gasteiger partial charge in [-0.2, -0.15) is 0 Å². The smallest absolute Gasteiger partial charge is 0.147 e. The third-order valence-electron chi connectivity index (χ3n) is 0.524. The highest BCUT2D eigenvalue weighted by atomic mass is 35.5. The number of sulfone groups is 1. The van der Waals surface area contributed by atoms with Crippen LogP contribution in [0.3, 0.4) is 0 Å². The normalized spacial score (nSPS) is 10.0. The maximum atomic E-state index is 10.0. The maximum absolute atomic E-state index is 10.0. The Bertz CT molecular complexity index is 115. The van der Waals surface area contributed by atoms with Crippen LogP contribution in [-0.4, -0.2) is 20.4 Å². The topological polar surface area (TPSA) is 34.1 Å². The van der Waals surface area contributed by atoms with Crippen molar-refractivity contribution in [2.24, 2.45) is 0 Å². The molecule has 0 saturated carbocycles. The summed E-state index contributed by atoms with van der Waals surface area (Å²) in [5.41, 5.74) is 0. The van der Waals surface area contributed by atoms with E-state index >= 15 is 0 Å². The minimum Gasteiger partial charge on any atom is -0.229 e. The van der Waals surface area contributed by atoms with E-state index in [1.54, 1.807) is 6.92 Å². The lowest BCUT2D eigenvalue weighted by Crippen LogP contribution is -1.96. The molecule has 0 fully saturated rings. The Hall–Kier alpha value is 0.240. The van der Waals surface area contributed by atoms with E-state index in [1.165, 1.54) is 6.26 Å². The van der Waals surface area contributed by atoms with Gasteiger partial charge in [0.25, 0.3) is 0 Å². The van der Waals surface area contributed by atoms with Gasteiger partial charge < -0.3 is 0 Å². The molecule has 0 atom stereocenters. The predicted molar refractivity (Wildman–Crippen MR) is 32.6 cm³/mol. The molecule has 0 N–H and O–H groups in total. The molecule has 0 unspecified atom stereocenters. The Labute approximate surface area is 50.2 Å². The zero-order chi connectivity index (χ0) is 5.21. The summed E-state index contributed by atoms with van der Waals surface area (Å²) in [6, 6.07) is 0. The fourth-order valence-corrected chi connectivity index (χ4v) is 0. The number of halogens is 1. The highest BCUT2D eigenvalue weighted by Gasteiger charge is 1.90. The van der Waals surface area contributed by atoms with Crippen LogP contribution < -0.4 is 0 Å². The van der Waals surface area contributed by atoms with Gasteiger partial charge in [-0.1, -0.05) is 6.92 Å². The van der Waals surface area contributed by atoms with E-state index < -0.39 is 9.84 Å². The van der Waals surface area contributed by atoms with Gasteiger partial charge in [0.05, 0.1) is 0 Å². The SMILES string of the molecule is CCS(C)(=O)=O.Cl. The molecule has 0 radical (unpaired) electrons. The van der Waals surface area contributed by atoms with Gasteiger partial charge in [-0.3, -0.25) is 0 Å². The highest BCUT2D eigenvalue weighted by Crippen LogP contribution is 1.75. The first-order valence-corrected chi connectivity index (χ1v) is 3.80. The minimum absolute atomic E-state index is 0. The molecule has 0 amide bonds. The van der Waals surface area contributed by atoms with Crippen LogP contribution in [0.4, 0.5) is 0 Å². The van der Waals surface area contributed by atoms with Crippen molar-refractivity contribution < 1.29 is 8.42 Å². The van der Waals surface area contributed by atoms with E-state index in [0.29, 0.717) is 0 Å². The fourth-order valence-electron chi connectivity index (χ4n) is 0. The van der Waals surface area contributed by atoms with Crippen LogP contribution in [0, 0.1) is 0 Å². The van der Waals surface area contributed by atoms with E-state index in [9.17, 15) is 8.42 Å². The lowest BCUT2D eigenvalue weighted by Gasteiger charge is -1.81. The molecule has 7 heavy (non-hydrogen) atoms. The van der Waals surface area contributed by atoms with E-state index in [1.807, 2.05) is 0 Å². The van der Waals surface area contributed by atoms with Crippen molar-refractivity contribution in [2.45, 2.75) is 6.92 Å². The van der Waals surface area contributed by atoms with Crippen LogP contribution in [-0.2, 0) is 9.84 Å². The zero-order valence-electron chi connectivity index (χ0n) is 4.34. The van der Waals surface area contributed by atoms with Crippen LogP contribution >= 0.6 is 12.4 Å². The molecule has 0 aromatic rings. The van der Waals surface area contributed by atoms with Crippen molar-refractivity contribution >= 4 is 22.2 Å². The third-order valence-corrected chi connectivity index (χ3v) is 1.57. The monoisotopic (exact) mass is 144 g/mol. The van der Waals surface area contributed by atoms with E-state index in [4.69, 9.17) is 0 Å². The van der Waals surface area contributed by atoms with Crippen LogP contribution in [0.25, 0.3) is 0 Å².